The van der Waals surface area contributed by atoms with Crippen molar-refractivity contribution < 1.29 is 8.42 Å². The highest BCUT2D eigenvalue weighted by Gasteiger charge is 2.25. The van der Waals surface area contributed by atoms with Crippen LogP contribution in [0.2, 0.25) is 5.02 Å². The van der Waals surface area contributed by atoms with Gasteiger partial charge < -0.3 is 5.73 Å². The highest BCUT2D eigenvalue weighted by atomic mass is 35.5. The molecule has 0 aromatic heterocycles. The minimum atomic E-state index is -3.60. The lowest BCUT2D eigenvalue weighted by molar-refractivity contribution is 0.441. The van der Waals surface area contributed by atoms with Gasteiger partial charge in [0.25, 0.3) is 0 Å². The Balaban J connectivity index is 3.21. The molecule has 0 aliphatic carbocycles. The molecule has 0 fully saturated rings. The summed E-state index contributed by atoms with van der Waals surface area (Å²) in [5.41, 5.74) is 5.99. The Morgan fingerprint density at radius 3 is 2.67 bits per heavy atom. The minimum Gasteiger partial charge on any atom is -0.399 e. The zero-order valence-corrected chi connectivity index (χ0v) is 11.8. The van der Waals surface area contributed by atoms with Gasteiger partial charge in [-0.15, -0.1) is 6.58 Å². The summed E-state index contributed by atoms with van der Waals surface area (Å²) < 4.78 is 26.1. The summed E-state index contributed by atoms with van der Waals surface area (Å²) in [6.07, 6.45) is 2.28. The molecular weight excluding hydrogens is 272 g/mol. The largest absolute Gasteiger partial charge is 0.399 e. The molecule has 100 valence electrons. The minimum absolute atomic E-state index is 0.0775. The number of hydrogen-bond donors (Lipinski definition) is 1. The van der Waals surface area contributed by atoms with Crippen molar-refractivity contribution in [3.8, 4) is 0 Å². The van der Waals surface area contributed by atoms with Crippen LogP contribution in [0, 0.1) is 0 Å². The lowest BCUT2D eigenvalue weighted by atomic mass is 10.3. The summed E-state index contributed by atoms with van der Waals surface area (Å²) in [7, 11) is -3.60. The number of hydrogen-bond acceptors (Lipinski definition) is 3. The average Bonchev–Trinajstić information content (AvgIpc) is 2.28. The molecule has 0 amide bonds. The lowest BCUT2D eigenvalue weighted by Crippen LogP contribution is -2.32. The Bertz CT molecular complexity index is 529. The van der Waals surface area contributed by atoms with Crippen molar-refractivity contribution in [3.05, 3.63) is 35.9 Å². The second-order valence-corrected chi connectivity index (χ2v) is 6.16. The molecule has 0 saturated carbocycles. The SMILES string of the molecule is C=CCN(CCC)S(=O)(=O)c1ccc(N)cc1Cl. The van der Waals surface area contributed by atoms with E-state index >= 15 is 0 Å². The molecule has 0 atom stereocenters. The topological polar surface area (TPSA) is 63.4 Å². The second-order valence-electron chi connectivity index (χ2n) is 3.84. The number of halogens is 1. The normalized spacial score (nSPS) is 11.7. The fourth-order valence-electron chi connectivity index (χ4n) is 1.57. The van der Waals surface area contributed by atoms with Crippen LogP contribution in [0.4, 0.5) is 5.69 Å². The Kier molecular flexibility index (Phi) is 5.19. The van der Waals surface area contributed by atoms with Gasteiger partial charge in [-0.25, -0.2) is 8.42 Å². The number of nitrogens with two attached hydrogens (primary N) is 1. The molecule has 4 nitrogen and oxygen atoms in total. The van der Waals surface area contributed by atoms with Crippen LogP contribution in [0.15, 0.2) is 35.7 Å². The highest BCUT2D eigenvalue weighted by Crippen LogP contribution is 2.26. The number of sulfonamides is 1. The van der Waals surface area contributed by atoms with Crippen molar-refractivity contribution >= 4 is 27.3 Å². The van der Waals surface area contributed by atoms with E-state index in [1.807, 2.05) is 6.92 Å². The van der Waals surface area contributed by atoms with Gasteiger partial charge in [0.15, 0.2) is 0 Å². The van der Waals surface area contributed by atoms with E-state index in [2.05, 4.69) is 6.58 Å². The van der Waals surface area contributed by atoms with Gasteiger partial charge in [0.2, 0.25) is 10.0 Å². The van der Waals surface area contributed by atoms with Gasteiger partial charge in [-0.3, -0.25) is 0 Å². The Morgan fingerprint density at radius 1 is 1.50 bits per heavy atom. The maximum Gasteiger partial charge on any atom is 0.244 e. The van der Waals surface area contributed by atoms with E-state index in [-0.39, 0.29) is 16.5 Å². The molecule has 1 aromatic carbocycles. The van der Waals surface area contributed by atoms with Crippen molar-refractivity contribution in [1.82, 2.24) is 4.31 Å². The summed E-state index contributed by atoms with van der Waals surface area (Å²) in [4.78, 5) is 0.0775. The lowest BCUT2D eigenvalue weighted by Gasteiger charge is -2.20. The molecule has 2 N–H and O–H groups in total. The van der Waals surface area contributed by atoms with Gasteiger partial charge in [0, 0.05) is 18.8 Å². The summed E-state index contributed by atoms with van der Waals surface area (Å²) in [5.74, 6) is 0. The third kappa shape index (κ3) is 3.25. The van der Waals surface area contributed by atoms with E-state index in [1.54, 1.807) is 6.08 Å². The van der Waals surface area contributed by atoms with Crippen molar-refractivity contribution in [1.29, 1.82) is 0 Å². The molecule has 0 unspecified atom stereocenters. The molecule has 0 saturated heterocycles. The molecule has 1 aromatic rings. The molecule has 0 aliphatic rings. The molecular formula is C12H17ClN2O2S. The van der Waals surface area contributed by atoms with Gasteiger partial charge in [-0.1, -0.05) is 24.6 Å². The van der Waals surface area contributed by atoms with Crippen LogP contribution in [0.5, 0.6) is 0 Å². The van der Waals surface area contributed by atoms with Crippen LogP contribution < -0.4 is 5.73 Å². The van der Waals surface area contributed by atoms with Crippen molar-refractivity contribution in [3.63, 3.8) is 0 Å². The predicted octanol–water partition coefficient (Wildman–Crippen LogP) is 2.51. The van der Waals surface area contributed by atoms with Gasteiger partial charge in [0.05, 0.1) is 5.02 Å². The molecule has 0 radical (unpaired) electrons. The zero-order valence-electron chi connectivity index (χ0n) is 10.3. The monoisotopic (exact) mass is 288 g/mol. The zero-order chi connectivity index (χ0) is 13.8. The molecule has 0 aliphatic heterocycles. The highest BCUT2D eigenvalue weighted by molar-refractivity contribution is 7.89. The smallest absolute Gasteiger partial charge is 0.244 e. The van der Waals surface area contributed by atoms with Crippen molar-refractivity contribution in [2.45, 2.75) is 18.2 Å². The van der Waals surface area contributed by atoms with E-state index in [0.29, 0.717) is 12.2 Å². The number of rotatable bonds is 6. The number of anilines is 1. The number of benzene rings is 1. The van der Waals surface area contributed by atoms with E-state index in [4.69, 9.17) is 17.3 Å². The third-order valence-corrected chi connectivity index (χ3v) is 4.73. The number of nitrogens with zero attached hydrogens (tertiary/aromatic N) is 1. The number of nitrogen functional groups attached to an aromatic ring is 1. The van der Waals surface area contributed by atoms with Crippen LogP contribution >= 0.6 is 11.6 Å². The quantitative estimate of drug-likeness (QED) is 0.646. The van der Waals surface area contributed by atoms with Crippen LogP contribution in [-0.2, 0) is 10.0 Å². The Labute approximate surface area is 113 Å². The van der Waals surface area contributed by atoms with E-state index in [1.165, 1.54) is 22.5 Å². The molecule has 18 heavy (non-hydrogen) atoms. The Hall–Kier alpha value is -1.04. The fourth-order valence-corrected chi connectivity index (χ4v) is 3.60. The molecule has 1 rings (SSSR count). The Morgan fingerprint density at radius 2 is 2.17 bits per heavy atom. The van der Waals surface area contributed by atoms with Crippen LogP contribution in [-0.4, -0.2) is 25.8 Å². The molecule has 6 heteroatoms. The first-order valence-corrected chi connectivity index (χ1v) is 7.41. The standard InChI is InChI=1S/C12H17ClN2O2S/c1-3-7-15(8-4-2)18(16,17)12-6-5-10(14)9-11(12)13/h3,5-6,9H,1,4,7-8,14H2,2H3. The maximum absolute atomic E-state index is 12.4. The van der Waals surface area contributed by atoms with Crippen molar-refractivity contribution in [2.75, 3.05) is 18.8 Å². The van der Waals surface area contributed by atoms with Crippen molar-refractivity contribution in [2.24, 2.45) is 0 Å². The first-order valence-electron chi connectivity index (χ1n) is 5.59. The summed E-state index contributed by atoms with van der Waals surface area (Å²) in [6.45, 7) is 6.17. The second kappa shape index (κ2) is 6.22. The predicted molar refractivity (Wildman–Crippen MR) is 75.1 cm³/mol. The van der Waals surface area contributed by atoms with Crippen LogP contribution in [0.1, 0.15) is 13.3 Å². The summed E-state index contributed by atoms with van der Waals surface area (Å²) >= 11 is 5.95. The van der Waals surface area contributed by atoms with Crippen LogP contribution in [0.25, 0.3) is 0 Å². The van der Waals surface area contributed by atoms with E-state index < -0.39 is 10.0 Å². The third-order valence-electron chi connectivity index (χ3n) is 2.38. The van der Waals surface area contributed by atoms with E-state index in [0.717, 1.165) is 6.42 Å². The first kappa shape index (κ1) is 15.0. The molecule has 0 heterocycles. The molecule has 0 spiro atoms. The summed E-state index contributed by atoms with van der Waals surface area (Å²) in [5, 5.41) is 0.139. The van der Waals surface area contributed by atoms with Gasteiger partial charge in [-0.2, -0.15) is 4.31 Å². The van der Waals surface area contributed by atoms with Gasteiger partial charge >= 0.3 is 0 Å². The average molecular weight is 289 g/mol. The van der Waals surface area contributed by atoms with Gasteiger partial charge in [0.1, 0.15) is 4.90 Å². The van der Waals surface area contributed by atoms with Gasteiger partial charge in [-0.05, 0) is 24.6 Å². The van der Waals surface area contributed by atoms with E-state index in [9.17, 15) is 8.42 Å². The van der Waals surface area contributed by atoms with Crippen LogP contribution in [0.3, 0.4) is 0 Å². The fraction of sp³-hybridized carbons (Fsp3) is 0.333. The first-order chi connectivity index (χ1) is 8.43. The maximum atomic E-state index is 12.4. The molecule has 0 bridgehead atoms. The summed E-state index contributed by atoms with van der Waals surface area (Å²) in [6, 6.07) is 4.39.